The van der Waals surface area contributed by atoms with Crippen LogP contribution in [0.4, 0.5) is 5.69 Å². The van der Waals surface area contributed by atoms with Gasteiger partial charge in [0.2, 0.25) is 5.91 Å². The van der Waals surface area contributed by atoms with E-state index in [1.165, 1.54) is 0 Å². The maximum Gasteiger partial charge on any atom is 0.238 e. The molecule has 2 rings (SSSR count). The van der Waals surface area contributed by atoms with Crippen molar-refractivity contribution in [2.45, 2.75) is 17.7 Å². The van der Waals surface area contributed by atoms with Gasteiger partial charge in [-0.1, -0.05) is 11.2 Å². The van der Waals surface area contributed by atoms with Crippen molar-refractivity contribution >= 4 is 29.2 Å². The Hall–Kier alpha value is -1.69. The summed E-state index contributed by atoms with van der Waals surface area (Å²) in [6.07, 6.45) is 3.22. The third kappa shape index (κ3) is 2.28. The molecule has 0 radical (unpaired) electrons. The molecule has 1 aromatic rings. The predicted molar refractivity (Wildman–Crippen MR) is 71.9 cm³/mol. The van der Waals surface area contributed by atoms with Crippen LogP contribution in [0.15, 0.2) is 34.3 Å². The van der Waals surface area contributed by atoms with Crippen LogP contribution in [0.1, 0.15) is 12.8 Å². The summed E-state index contributed by atoms with van der Waals surface area (Å²) in [5.74, 6) is -0.225. The molecule has 1 aliphatic rings. The van der Waals surface area contributed by atoms with Gasteiger partial charge in [-0.05, 0) is 37.3 Å². The number of rotatable bonds is 4. The molecule has 5 nitrogen and oxygen atoms in total. The number of nitrogens with one attached hydrogen (secondary N) is 1. The van der Waals surface area contributed by atoms with Crippen molar-refractivity contribution in [2.75, 3.05) is 11.6 Å². The molecule has 1 aromatic carbocycles. The van der Waals surface area contributed by atoms with Crippen LogP contribution in [-0.4, -0.2) is 23.2 Å². The summed E-state index contributed by atoms with van der Waals surface area (Å²) in [5.41, 5.74) is 5.47. The average molecular weight is 265 g/mol. The van der Waals surface area contributed by atoms with Crippen molar-refractivity contribution < 1.29 is 10.0 Å². The van der Waals surface area contributed by atoms with Gasteiger partial charge in [0.25, 0.3) is 0 Å². The Morgan fingerprint density at radius 2 is 2.28 bits per heavy atom. The molecule has 1 fully saturated rings. The van der Waals surface area contributed by atoms with Gasteiger partial charge in [-0.3, -0.25) is 4.79 Å². The largest absolute Gasteiger partial charge is 0.409 e. The molecule has 0 heterocycles. The predicted octanol–water partition coefficient (Wildman–Crippen LogP) is 1.87. The lowest BCUT2D eigenvalue weighted by atomic mass is 10.1. The zero-order chi connectivity index (χ0) is 13.2. The topological polar surface area (TPSA) is 87.7 Å². The molecule has 0 aliphatic heterocycles. The highest BCUT2D eigenvalue weighted by molar-refractivity contribution is 7.98. The average Bonchev–Trinajstić information content (AvgIpc) is 3.19. The number of carbonyl (C=O) groups excluding carboxylic acids is 1. The van der Waals surface area contributed by atoms with Gasteiger partial charge in [0.15, 0.2) is 5.84 Å². The summed E-state index contributed by atoms with van der Waals surface area (Å²) >= 11 is 1.60. The van der Waals surface area contributed by atoms with Gasteiger partial charge in [0, 0.05) is 10.6 Å². The highest BCUT2D eigenvalue weighted by Gasteiger charge is 2.54. The number of nitrogens with two attached hydrogens (primary N) is 1. The first-order valence-corrected chi connectivity index (χ1v) is 6.78. The maximum atomic E-state index is 12.1. The van der Waals surface area contributed by atoms with Crippen LogP contribution >= 0.6 is 11.8 Å². The van der Waals surface area contributed by atoms with E-state index in [0.29, 0.717) is 12.8 Å². The summed E-state index contributed by atoms with van der Waals surface area (Å²) in [6.45, 7) is 0. The first-order chi connectivity index (χ1) is 8.62. The standard InChI is InChI=1S/C12H15N3O2S/c1-18-9-4-2-3-8(7-9)14-11(16)12(5-6-12)10(13)15-17/h2-4,7,17H,5-6H2,1H3,(H2,13,15)(H,14,16). The molecular weight excluding hydrogens is 250 g/mol. The highest BCUT2D eigenvalue weighted by Crippen LogP contribution is 2.46. The molecule has 1 saturated carbocycles. The lowest BCUT2D eigenvalue weighted by Gasteiger charge is -2.13. The van der Waals surface area contributed by atoms with Crippen molar-refractivity contribution in [1.29, 1.82) is 0 Å². The Balaban J connectivity index is 2.12. The molecule has 1 aliphatic carbocycles. The maximum absolute atomic E-state index is 12.1. The quantitative estimate of drug-likeness (QED) is 0.255. The van der Waals surface area contributed by atoms with E-state index in [-0.39, 0.29) is 11.7 Å². The van der Waals surface area contributed by atoms with E-state index < -0.39 is 5.41 Å². The lowest BCUT2D eigenvalue weighted by Crippen LogP contribution is -2.36. The summed E-state index contributed by atoms with van der Waals surface area (Å²) in [5, 5.41) is 14.4. The van der Waals surface area contributed by atoms with E-state index in [1.807, 2.05) is 30.5 Å². The first kappa shape index (κ1) is 12.8. The first-order valence-electron chi connectivity index (χ1n) is 5.56. The van der Waals surface area contributed by atoms with Crippen LogP contribution in [0.25, 0.3) is 0 Å². The fourth-order valence-electron chi connectivity index (χ4n) is 1.77. The second-order valence-electron chi connectivity index (χ2n) is 4.25. The third-order valence-electron chi connectivity index (χ3n) is 3.11. The van der Waals surface area contributed by atoms with Crippen LogP contribution in [0, 0.1) is 5.41 Å². The number of anilines is 1. The SMILES string of the molecule is CSc1cccc(NC(=O)C2(/C(N)=N/O)CC2)c1. The normalized spacial score (nSPS) is 17.3. The van der Waals surface area contributed by atoms with Gasteiger partial charge in [-0.15, -0.1) is 11.8 Å². The number of amides is 1. The molecule has 1 amide bonds. The molecule has 0 aromatic heterocycles. The highest BCUT2D eigenvalue weighted by atomic mass is 32.2. The summed E-state index contributed by atoms with van der Waals surface area (Å²) in [7, 11) is 0. The summed E-state index contributed by atoms with van der Waals surface area (Å²) in [4.78, 5) is 13.2. The number of nitrogens with zero attached hydrogens (tertiary/aromatic N) is 1. The van der Waals surface area contributed by atoms with Gasteiger partial charge in [-0.25, -0.2) is 0 Å². The second-order valence-corrected chi connectivity index (χ2v) is 5.13. The molecule has 6 heteroatoms. The zero-order valence-corrected chi connectivity index (χ0v) is 10.8. The number of amidine groups is 1. The second kappa shape index (κ2) is 4.89. The minimum atomic E-state index is -0.815. The van der Waals surface area contributed by atoms with Gasteiger partial charge in [0.05, 0.1) is 0 Å². The van der Waals surface area contributed by atoms with Crippen LogP contribution in [0.2, 0.25) is 0 Å². The van der Waals surface area contributed by atoms with Crippen molar-refractivity contribution in [2.24, 2.45) is 16.3 Å². The van der Waals surface area contributed by atoms with Crippen molar-refractivity contribution in [3.8, 4) is 0 Å². The van der Waals surface area contributed by atoms with Crippen LogP contribution in [-0.2, 0) is 4.79 Å². The van der Waals surface area contributed by atoms with E-state index in [1.54, 1.807) is 11.8 Å². The van der Waals surface area contributed by atoms with E-state index in [2.05, 4.69) is 10.5 Å². The Bertz CT molecular complexity index is 498. The minimum Gasteiger partial charge on any atom is -0.409 e. The van der Waals surface area contributed by atoms with Crippen molar-refractivity contribution in [1.82, 2.24) is 0 Å². The summed E-state index contributed by atoms with van der Waals surface area (Å²) in [6, 6.07) is 7.56. The van der Waals surface area contributed by atoms with Gasteiger partial charge in [0.1, 0.15) is 5.41 Å². The smallest absolute Gasteiger partial charge is 0.238 e. The van der Waals surface area contributed by atoms with E-state index in [4.69, 9.17) is 10.9 Å². The van der Waals surface area contributed by atoms with Crippen LogP contribution in [0.3, 0.4) is 0 Å². The molecule has 4 N–H and O–H groups in total. The number of thioether (sulfide) groups is 1. The number of benzene rings is 1. The fraction of sp³-hybridized carbons (Fsp3) is 0.333. The van der Waals surface area contributed by atoms with Gasteiger partial charge < -0.3 is 16.3 Å². The molecule has 0 bridgehead atoms. The van der Waals surface area contributed by atoms with Gasteiger partial charge in [-0.2, -0.15) is 0 Å². The number of oxime groups is 1. The fourth-order valence-corrected chi connectivity index (χ4v) is 2.23. The molecular formula is C12H15N3O2S. The minimum absolute atomic E-state index is 0.0129. The monoisotopic (exact) mass is 265 g/mol. The molecule has 18 heavy (non-hydrogen) atoms. The molecule has 0 saturated heterocycles. The molecule has 0 atom stereocenters. The van der Waals surface area contributed by atoms with E-state index in [9.17, 15) is 4.79 Å². The van der Waals surface area contributed by atoms with Crippen molar-refractivity contribution in [3.05, 3.63) is 24.3 Å². The van der Waals surface area contributed by atoms with E-state index in [0.717, 1.165) is 10.6 Å². The number of carbonyl (C=O) groups is 1. The Morgan fingerprint density at radius 1 is 1.56 bits per heavy atom. The van der Waals surface area contributed by atoms with Crippen LogP contribution < -0.4 is 11.1 Å². The number of hydrogen-bond donors (Lipinski definition) is 3. The van der Waals surface area contributed by atoms with Crippen LogP contribution in [0.5, 0.6) is 0 Å². The van der Waals surface area contributed by atoms with Gasteiger partial charge >= 0.3 is 0 Å². The molecule has 96 valence electrons. The summed E-state index contributed by atoms with van der Waals surface area (Å²) < 4.78 is 0. The lowest BCUT2D eigenvalue weighted by molar-refractivity contribution is -0.119. The Labute approximate surface area is 109 Å². The zero-order valence-electron chi connectivity index (χ0n) is 10.0. The molecule has 0 unspecified atom stereocenters. The Kier molecular flexibility index (Phi) is 3.47. The Morgan fingerprint density at radius 3 is 2.83 bits per heavy atom. The molecule has 0 spiro atoms. The van der Waals surface area contributed by atoms with E-state index >= 15 is 0 Å². The number of hydrogen-bond acceptors (Lipinski definition) is 4. The van der Waals surface area contributed by atoms with Crippen molar-refractivity contribution in [3.63, 3.8) is 0 Å². The third-order valence-corrected chi connectivity index (χ3v) is 3.84.